The van der Waals surface area contributed by atoms with Gasteiger partial charge in [-0.05, 0) is 60.2 Å². The zero-order valence-corrected chi connectivity index (χ0v) is 17.1. The number of aryl methyl sites for hydroxylation is 1. The first kappa shape index (κ1) is 19.2. The van der Waals surface area contributed by atoms with Crippen molar-refractivity contribution in [1.29, 1.82) is 0 Å². The van der Waals surface area contributed by atoms with Crippen molar-refractivity contribution in [1.82, 2.24) is 4.98 Å². The van der Waals surface area contributed by atoms with Crippen molar-refractivity contribution in [2.75, 3.05) is 6.61 Å². The first-order valence-corrected chi connectivity index (χ1v) is 10.3. The van der Waals surface area contributed by atoms with E-state index < -0.39 is 0 Å². The number of aromatic nitrogens is 1. The number of ether oxygens (including phenoxy) is 1. The maximum atomic E-state index is 12.1. The van der Waals surface area contributed by atoms with Crippen molar-refractivity contribution in [3.63, 3.8) is 0 Å². The fourth-order valence-electron chi connectivity index (χ4n) is 3.42. The molecule has 0 spiro atoms. The van der Waals surface area contributed by atoms with Gasteiger partial charge in [-0.2, -0.15) is 0 Å². The topological polar surface area (TPSA) is 59.2 Å². The Morgan fingerprint density at radius 2 is 1.93 bits per heavy atom. The highest BCUT2D eigenvalue weighted by atomic mass is 32.1. The van der Waals surface area contributed by atoms with Crippen molar-refractivity contribution in [3.05, 3.63) is 92.7 Å². The summed E-state index contributed by atoms with van der Waals surface area (Å²) in [6.45, 7) is 3.98. The van der Waals surface area contributed by atoms with Crippen molar-refractivity contribution < 1.29 is 9.53 Å². The van der Waals surface area contributed by atoms with Crippen LogP contribution in [0.25, 0.3) is 21.2 Å². The first-order valence-electron chi connectivity index (χ1n) is 9.52. The molecule has 0 aliphatic carbocycles. The molecule has 0 aliphatic heterocycles. The van der Waals surface area contributed by atoms with Crippen LogP contribution in [0.3, 0.4) is 0 Å². The van der Waals surface area contributed by atoms with Crippen LogP contribution in [0, 0.1) is 6.92 Å². The Bertz CT molecular complexity index is 1250. The highest BCUT2D eigenvalue weighted by Gasteiger charge is 2.12. The Morgan fingerprint density at radius 3 is 2.72 bits per heavy atom. The lowest BCUT2D eigenvalue weighted by Gasteiger charge is -2.06. The van der Waals surface area contributed by atoms with E-state index >= 15 is 0 Å². The van der Waals surface area contributed by atoms with Crippen LogP contribution in [-0.4, -0.2) is 17.6 Å². The second-order valence-electron chi connectivity index (χ2n) is 6.93. The highest BCUT2D eigenvalue weighted by Crippen LogP contribution is 2.36. The Labute approximate surface area is 172 Å². The molecule has 0 bridgehead atoms. The van der Waals surface area contributed by atoms with Gasteiger partial charge in [-0.3, -0.25) is 4.79 Å². The maximum absolute atomic E-state index is 12.1. The number of benzene rings is 2. The molecule has 0 unspecified atom stereocenters. The van der Waals surface area contributed by atoms with Crippen LogP contribution in [0.1, 0.15) is 33.3 Å². The minimum Gasteiger partial charge on any atom is -0.462 e. The lowest BCUT2D eigenvalue weighted by atomic mass is 10.0. The highest BCUT2D eigenvalue weighted by molar-refractivity contribution is 7.19. The van der Waals surface area contributed by atoms with E-state index in [2.05, 4.69) is 23.2 Å². The summed E-state index contributed by atoms with van der Waals surface area (Å²) in [6, 6.07) is 17.9. The van der Waals surface area contributed by atoms with Gasteiger partial charge in [0.2, 0.25) is 0 Å². The molecule has 0 atom stereocenters. The van der Waals surface area contributed by atoms with Crippen molar-refractivity contribution in [2.24, 2.45) is 0 Å². The number of hydrogen-bond acceptors (Lipinski definition) is 4. The fraction of sp³-hybridized carbons (Fsp3) is 0.167. The van der Waals surface area contributed by atoms with Crippen molar-refractivity contribution >= 4 is 27.4 Å². The summed E-state index contributed by atoms with van der Waals surface area (Å²) in [5, 5.41) is 1.17. The molecule has 4 rings (SSSR count). The van der Waals surface area contributed by atoms with Gasteiger partial charge in [0.05, 0.1) is 12.2 Å². The molecule has 2 aromatic heterocycles. The number of hydrogen-bond donors (Lipinski definition) is 1. The SMILES string of the molecule is CCOC(=O)c1cccc(-c2cccc3cc(Cc4c[nH]c(=O)c(C)c4)sc23)c1. The average molecular weight is 404 g/mol. The standard InChI is InChI=1S/C24H21NO3S/c1-3-28-24(27)19-8-4-6-17(12-19)21-9-5-7-18-13-20(29-22(18)21)11-16-10-15(2)23(26)25-14-16/h4-10,12-14H,3,11H2,1-2H3,(H,25,26). The predicted molar refractivity (Wildman–Crippen MR) is 118 cm³/mol. The second kappa shape index (κ2) is 8.05. The predicted octanol–water partition coefficient (Wildman–Crippen LogP) is 5.33. The smallest absolute Gasteiger partial charge is 0.338 e. The molecule has 0 radical (unpaired) electrons. The zero-order valence-electron chi connectivity index (χ0n) is 16.3. The van der Waals surface area contributed by atoms with Crippen molar-refractivity contribution in [3.8, 4) is 11.1 Å². The molecular formula is C24H21NO3S. The van der Waals surface area contributed by atoms with Crippen LogP contribution in [0.5, 0.6) is 0 Å². The van der Waals surface area contributed by atoms with Gasteiger partial charge in [0.25, 0.3) is 5.56 Å². The molecule has 4 nitrogen and oxygen atoms in total. The monoisotopic (exact) mass is 403 g/mol. The summed E-state index contributed by atoms with van der Waals surface area (Å²) in [7, 11) is 0. The molecule has 5 heteroatoms. The molecule has 0 amide bonds. The van der Waals surface area contributed by atoms with E-state index in [-0.39, 0.29) is 11.5 Å². The number of fused-ring (bicyclic) bond motifs is 1. The number of nitrogens with one attached hydrogen (secondary N) is 1. The summed E-state index contributed by atoms with van der Waals surface area (Å²) in [5.41, 5.74) is 4.41. The van der Waals surface area contributed by atoms with E-state index in [9.17, 15) is 9.59 Å². The van der Waals surface area contributed by atoms with Crippen molar-refractivity contribution in [2.45, 2.75) is 20.3 Å². The van der Waals surface area contributed by atoms with Crippen LogP contribution in [0.15, 0.2) is 65.6 Å². The van der Waals surface area contributed by atoms with Gasteiger partial charge in [-0.25, -0.2) is 4.79 Å². The number of carbonyl (C=O) groups excluding carboxylic acids is 1. The van der Waals surface area contributed by atoms with E-state index in [1.807, 2.05) is 37.3 Å². The van der Waals surface area contributed by atoms with Gasteiger partial charge >= 0.3 is 5.97 Å². The normalized spacial score (nSPS) is 11.0. The van der Waals surface area contributed by atoms with Crippen LogP contribution in [0.2, 0.25) is 0 Å². The molecule has 2 heterocycles. The van der Waals surface area contributed by atoms with Gasteiger partial charge in [-0.1, -0.05) is 30.3 Å². The van der Waals surface area contributed by atoms with Crippen LogP contribution in [-0.2, 0) is 11.2 Å². The number of H-pyrrole nitrogens is 1. The summed E-state index contributed by atoms with van der Waals surface area (Å²) >= 11 is 1.74. The summed E-state index contributed by atoms with van der Waals surface area (Å²) < 4.78 is 6.32. The molecular weight excluding hydrogens is 382 g/mol. The van der Waals surface area contributed by atoms with Gasteiger partial charge in [0.1, 0.15) is 0 Å². The molecule has 0 fully saturated rings. The minimum absolute atomic E-state index is 0.0474. The van der Waals surface area contributed by atoms with E-state index in [0.29, 0.717) is 12.2 Å². The fourth-order valence-corrected chi connectivity index (χ4v) is 4.65. The average Bonchev–Trinajstić information content (AvgIpc) is 3.13. The van der Waals surface area contributed by atoms with Crippen LogP contribution < -0.4 is 5.56 Å². The Morgan fingerprint density at radius 1 is 1.10 bits per heavy atom. The van der Waals surface area contributed by atoms with Gasteiger partial charge < -0.3 is 9.72 Å². The Balaban J connectivity index is 1.71. The van der Waals surface area contributed by atoms with E-state index in [1.165, 1.54) is 15.0 Å². The second-order valence-corrected chi connectivity index (χ2v) is 8.07. The maximum Gasteiger partial charge on any atom is 0.338 e. The zero-order chi connectivity index (χ0) is 20.4. The summed E-state index contributed by atoms with van der Waals surface area (Å²) in [5.74, 6) is -0.304. The van der Waals surface area contributed by atoms with Gasteiger partial charge in [-0.15, -0.1) is 11.3 Å². The number of pyridine rings is 1. The quantitative estimate of drug-likeness (QED) is 0.458. The third-order valence-corrected chi connectivity index (χ3v) is 5.99. The number of aromatic amines is 1. The molecule has 1 N–H and O–H groups in total. The number of thiophene rings is 1. The molecule has 29 heavy (non-hydrogen) atoms. The number of rotatable bonds is 5. The number of carbonyl (C=O) groups is 1. The third-order valence-electron chi connectivity index (χ3n) is 4.81. The van der Waals surface area contributed by atoms with E-state index in [4.69, 9.17) is 4.74 Å². The van der Waals surface area contributed by atoms with E-state index in [1.54, 1.807) is 30.5 Å². The van der Waals surface area contributed by atoms with Gasteiger partial charge in [0, 0.05) is 27.8 Å². The number of esters is 1. The Kier molecular flexibility index (Phi) is 5.32. The molecule has 146 valence electrons. The van der Waals surface area contributed by atoms with Crippen LogP contribution in [0.4, 0.5) is 0 Å². The van der Waals surface area contributed by atoms with Crippen LogP contribution >= 0.6 is 11.3 Å². The molecule has 0 saturated carbocycles. The summed E-state index contributed by atoms with van der Waals surface area (Å²) in [4.78, 5) is 27.7. The molecule has 0 saturated heterocycles. The molecule has 2 aromatic carbocycles. The van der Waals surface area contributed by atoms with E-state index in [0.717, 1.165) is 28.7 Å². The molecule has 0 aliphatic rings. The van der Waals surface area contributed by atoms with Gasteiger partial charge in [0.15, 0.2) is 0 Å². The summed E-state index contributed by atoms with van der Waals surface area (Å²) in [6.07, 6.45) is 2.54. The third kappa shape index (κ3) is 4.00. The first-order chi connectivity index (χ1) is 14.0. The minimum atomic E-state index is -0.304. The Hall–Kier alpha value is -3.18. The molecule has 4 aromatic rings. The lowest BCUT2D eigenvalue weighted by molar-refractivity contribution is 0.0526. The lowest BCUT2D eigenvalue weighted by Crippen LogP contribution is -2.09. The largest absolute Gasteiger partial charge is 0.462 e.